The zero-order valence-corrected chi connectivity index (χ0v) is 15.7. The molecule has 4 rings (SSSR count). The number of fused-ring (bicyclic) bond motifs is 3. The molecule has 4 nitrogen and oxygen atoms in total. The van der Waals surface area contributed by atoms with Crippen LogP contribution in [0.15, 0.2) is 42.5 Å². The number of nitrogens with zero attached hydrogens (tertiary/aromatic N) is 1. The molecule has 5 heteroatoms. The van der Waals surface area contributed by atoms with Gasteiger partial charge in [-0.15, -0.1) is 0 Å². The van der Waals surface area contributed by atoms with Crippen LogP contribution >= 0.6 is 11.6 Å². The van der Waals surface area contributed by atoms with Gasteiger partial charge in [0.15, 0.2) is 11.5 Å². The SMILES string of the molecule is COc1ccccc1OCCCN1CCc2[nH]c3c(Cl)cccc3c2C1. The number of nitrogens with one attached hydrogen (secondary N) is 1. The first kappa shape index (κ1) is 17.3. The van der Waals surface area contributed by atoms with Crippen LogP contribution in [-0.4, -0.2) is 36.7 Å². The Morgan fingerprint density at radius 3 is 2.81 bits per heavy atom. The molecule has 0 fully saturated rings. The maximum atomic E-state index is 6.33. The van der Waals surface area contributed by atoms with E-state index >= 15 is 0 Å². The standard InChI is InChI=1S/C21H23ClN2O2/c1-25-19-8-2-3-9-20(19)26-13-5-11-24-12-10-18-16(14-24)15-6-4-7-17(22)21(15)23-18/h2-4,6-9,23H,5,10-14H2,1H3. The lowest BCUT2D eigenvalue weighted by Gasteiger charge is -2.27. The third-order valence-electron chi connectivity index (χ3n) is 4.98. The van der Waals surface area contributed by atoms with Gasteiger partial charge in [-0.05, 0) is 30.2 Å². The highest BCUT2D eigenvalue weighted by Crippen LogP contribution is 2.31. The minimum Gasteiger partial charge on any atom is -0.493 e. The zero-order chi connectivity index (χ0) is 17.9. The predicted octanol–water partition coefficient (Wildman–Crippen LogP) is 4.66. The number of aromatic nitrogens is 1. The molecular weight excluding hydrogens is 348 g/mol. The Morgan fingerprint density at radius 1 is 1.12 bits per heavy atom. The average molecular weight is 371 g/mol. The third-order valence-corrected chi connectivity index (χ3v) is 5.30. The van der Waals surface area contributed by atoms with Crippen molar-refractivity contribution in [3.63, 3.8) is 0 Å². The minimum atomic E-state index is 0.684. The normalized spacial score (nSPS) is 14.4. The van der Waals surface area contributed by atoms with E-state index in [0.717, 1.165) is 54.5 Å². The summed E-state index contributed by atoms with van der Waals surface area (Å²) in [5.74, 6) is 1.59. The van der Waals surface area contributed by atoms with E-state index in [0.29, 0.717) is 6.61 Å². The minimum absolute atomic E-state index is 0.684. The van der Waals surface area contributed by atoms with Crippen molar-refractivity contribution in [2.24, 2.45) is 0 Å². The molecule has 0 saturated heterocycles. The number of H-pyrrole nitrogens is 1. The number of methoxy groups -OCH3 is 1. The summed E-state index contributed by atoms with van der Waals surface area (Å²) < 4.78 is 11.2. The molecule has 2 heterocycles. The molecule has 0 amide bonds. The van der Waals surface area contributed by atoms with Crippen LogP contribution in [-0.2, 0) is 13.0 Å². The van der Waals surface area contributed by atoms with E-state index in [4.69, 9.17) is 21.1 Å². The van der Waals surface area contributed by atoms with Gasteiger partial charge in [-0.1, -0.05) is 35.9 Å². The van der Waals surface area contributed by atoms with Crippen molar-refractivity contribution in [1.82, 2.24) is 9.88 Å². The van der Waals surface area contributed by atoms with Crippen molar-refractivity contribution in [3.8, 4) is 11.5 Å². The maximum absolute atomic E-state index is 6.33. The molecule has 26 heavy (non-hydrogen) atoms. The highest BCUT2D eigenvalue weighted by Gasteiger charge is 2.21. The summed E-state index contributed by atoms with van der Waals surface area (Å²) in [6.07, 6.45) is 2.02. The molecule has 1 aliphatic rings. The molecule has 0 spiro atoms. The summed E-state index contributed by atoms with van der Waals surface area (Å²) >= 11 is 6.33. The van der Waals surface area contributed by atoms with Crippen molar-refractivity contribution in [3.05, 3.63) is 58.7 Å². The molecule has 136 valence electrons. The van der Waals surface area contributed by atoms with Crippen LogP contribution in [0, 0.1) is 0 Å². The lowest BCUT2D eigenvalue weighted by Crippen LogP contribution is -2.31. The molecule has 1 N–H and O–H groups in total. The fourth-order valence-electron chi connectivity index (χ4n) is 3.66. The average Bonchev–Trinajstić information content (AvgIpc) is 3.05. The molecule has 3 aromatic rings. The molecule has 0 unspecified atom stereocenters. The van der Waals surface area contributed by atoms with Crippen molar-refractivity contribution >= 4 is 22.5 Å². The summed E-state index contributed by atoms with van der Waals surface area (Å²) in [5.41, 5.74) is 3.79. The van der Waals surface area contributed by atoms with Crippen molar-refractivity contribution in [2.75, 3.05) is 26.8 Å². The van der Waals surface area contributed by atoms with Gasteiger partial charge in [-0.3, -0.25) is 4.90 Å². The smallest absolute Gasteiger partial charge is 0.161 e. The molecular formula is C21H23ClN2O2. The molecule has 0 saturated carbocycles. The number of ether oxygens (including phenoxy) is 2. The van der Waals surface area contributed by atoms with E-state index in [1.807, 2.05) is 36.4 Å². The van der Waals surface area contributed by atoms with Gasteiger partial charge in [0, 0.05) is 37.1 Å². The summed E-state index contributed by atoms with van der Waals surface area (Å²) in [6.45, 7) is 3.72. The Morgan fingerprint density at radius 2 is 1.96 bits per heavy atom. The number of halogens is 1. The fourth-order valence-corrected chi connectivity index (χ4v) is 3.88. The third kappa shape index (κ3) is 3.39. The van der Waals surface area contributed by atoms with E-state index in [1.165, 1.54) is 16.6 Å². The summed E-state index contributed by atoms with van der Waals surface area (Å²) in [4.78, 5) is 6.00. The van der Waals surface area contributed by atoms with Crippen LogP contribution in [0.25, 0.3) is 10.9 Å². The number of para-hydroxylation sites is 3. The Hall–Kier alpha value is -2.17. The fraction of sp³-hybridized carbons (Fsp3) is 0.333. The van der Waals surface area contributed by atoms with E-state index in [-0.39, 0.29) is 0 Å². The van der Waals surface area contributed by atoms with Gasteiger partial charge in [0.2, 0.25) is 0 Å². The second-order valence-electron chi connectivity index (χ2n) is 6.62. The highest BCUT2D eigenvalue weighted by molar-refractivity contribution is 6.35. The summed E-state index contributed by atoms with van der Waals surface area (Å²) in [6, 6.07) is 13.9. The zero-order valence-electron chi connectivity index (χ0n) is 14.9. The molecule has 0 bridgehead atoms. The summed E-state index contributed by atoms with van der Waals surface area (Å²) in [7, 11) is 1.67. The van der Waals surface area contributed by atoms with Gasteiger partial charge in [0.05, 0.1) is 24.3 Å². The van der Waals surface area contributed by atoms with Gasteiger partial charge in [-0.2, -0.15) is 0 Å². The van der Waals surface area contributed by atoms with Crippen molar-refractivity contribution in [2.45, 2.75) is 19.4 Å². The number of benzene rings is 2. The number of hydrogen-bond donors (Lipinski definition) is 1. The van der Waals surface area contributed by atoms with E-state index in [1.54, 1.807) is 7.11 Å². The number of hydrogen-bond acceptors (Lipinski definition) is 3. The van der Waals surface area contributed by atoms with E-state index < -0.39 is 0 Å². The van der Waals surface area contributed by atoms with E-state index in [9.17, 15) is 0 Å². The first-order valence-corrected chi connectivity index (χ1v) is 9.40. The molecule has 1 aliphatic heterocycles. The second-order valence-corrected chi connectivity index (χ2v) is 7.03. The van der Waals surface area contributed by atoms with Crippen LogP contribution in [0.2, 0.25) is 5.02 Å². The first-order valence-electron chi connectivity index (χ1n) is 9.02. The lowest BCUT2D eigenvalue weighted by atomic mass is 10.0. The highest BCUT2D eigenvalue weighted by atomic mass is 35.5. The molecule has 0 atom stereocenters. The topological polar surface area (TPSA) is 37.5 Å². The van der Waals surface area contributed by atoms with Gasteiger partial charge in [-0.25, -0.2) is 0 Å². The number of aromatic amines is 1. The van der Waals surface area contributed by atoms with Gasteiger partial charge in [0.1, 0.15) is 0 Å². The largest absolute Gasteiger partial charge is 0.493 e. The van der Waals surface area contributed by atoms with Gasteiger partial charge in [0.25, 0.3) is 0 Å². The predicted molar refractivity (Wildman–Crippen MR) is 105 cm³/mol. The van der Waals surface area contributed by atoms with E-state index in [2.05, 4.69) is 16.0 Å². The molecule has 0 radical (unpaired) electrons. The first-order chi connectivity index (χ1) is 12.8. The Kier molecular flexibility index (Phi) is 5.05. The Labute approximate surface area is 158 Å². The van der Waals surface area contributed by atoms with Crippen LogP contribution in [0.3, 0.4) is 0 Å². The number of rotatable bonds is 6. The molecule has 0 aliphatic carbocycles. The van der Waals surface area contributed by atoms with Gasteiger partial charge >= 0.3 is 0 Å². The quantitative estimate of drug-likeness (QED) is 0.641. The van der Waals surface area contributed by atoms with Gasteiger partial charge < -0.3 is 14.5 Å². The monoisotopic (exact) mass is 370 g/mol. The maximum Gasteiger partial charge on any atom is 0.161 e. The molecule has 2 aromatic carbocycles. The lowest BCUT2D eigenvalue weighted by molar-refractivity contribution is 0.218. The van der Waals surface area contributed by atoms with Crippen LogP contribution in [0.1, 0.15) is 17.7 Å². The van der Waals surface area contributed by atoms with Crippen LogP contribution < -0.4 is 9.47 Å². The van der Waals surface area contributed by atoms with Crippen molar-refractivity contribution in [1.29, 1.82) is 0 Å². The molecule has 1 aromatic heterocycles. The Balaban J connectivity index is 1.35. The second kappa shape index (κ2) is 7.60. The van der Waals surface area contributed by atoms with Crippen molar-refractivity contribution < 1.29 is 9.47 Å². The summed E-state index contributed by atoms with van der Waals surface area (Å²) in [5, 5.41) is 2.05. The van der Waals surface area contributed by atoms with Crippen LogP contribution in [0.5, 0.6) is 11.5 Å². The van der Waals surface area contributed by atoms with Crippen LogP contribution in [0.4, 0.5) is 0 Å². The Bertz CT molecular complexity index is 906.